The van der Waals surface area contributed by atoms with Gasteiger partial charge in [-0.05, 0) is 43.4 Å². The average molecular weight is 238 g/mol. The molecule has 0 heterocycles. The highest BCUT2D eigenvalue weighted by Gasteiger charge is 2.21. The zero-order valence-electron chi connectivity index (χ0n) is 10.1. The first-order valence-corrected chi connectivity index (χ1v) is 6.57. The highest BCUT2D eigenvalue weighted by Crippen LogP contribution is 2.30. The summed E-state index contributed by atoms with van der Waals surface area (Å²) in [4.78, 5) is 0. The van der Waals surface area contributed by atoms with Gasteiger partial charge in [0, 0.05) is 6.04 Å². The minimum Gasteiger partial charge on any atom is -0.381 e. The van der Waals surface area contributed by atoms with Crippen molar-refractivity contribution in [3.63, 3.8) is 0 Å². The van der Waals surface area contributed by atoms with Crippen LogP contribution in [0.3, 0.4) is 0 Å². The van der Waals surface area contributed by atoms with Gasteiger partial charge in [0.25, 0.3) is 0 Å². The van der Waals surface area contributed by atoms with Crippen LogP contribution in [-0.2, 0) is 0 Å². The standard InChI is InChI=1S/C14H20ClN/c1-10-7-8-12(15)14(9-10)16-13-6-4-3-5-11(13)2/h7-9,11,13,16H,3-6H2,1-2H3. The summed E-state index contributed by atoms with van der Waals surface area (Å²) >= 11 is 6.20. The first-order chi connectivity index (χ1) is 7.66. The molecule has 1 N–H and O–H groups in total. The molecule has 2 unspecified atom stereocenters. The van der Waals surface area contributed by atoms with Gasteiger partial charge in [-0.25, -0.2) is 0 Å². The number of aryl methyl sites for hydroxylation is 1. The number of nitrogens with one attached hydrogen (secondary N) is 1. The SMILES string of the molecule is Cc1ccc(Cl)c(NC2CCCCC2C)c1. The molecule has 1 aliphatic carbocycles. The van der Waals surface area contributed by atoms with E-state index >= 15 is 0 Å². The number of hydrogen-bond donors (Lipinski definition) is 1. The van der Waals surface area contributed by atoms with Gasteiger partial charge in [-0.3, -0.25) is 0 Å². The van der Waals surface area contributed by atoms with Gasteiger partial charge < -0.3 is 5.32 Å². The Hall–Kier alpha value is -0.690. The van der Waals surface area contributed by atoms with Crippen LogP contribution in [0.15, 0.2) is 18.2 Å². The van der Waals surface area contributed by atoms with Crippen LogP contribution in [-0.4, -0.2) is 6.04 Å². The summed E-state index contributed by atoms with van der Waals surface area (Å²) in [5.74, 6) is 0.755. The summed E-state index contributed by atoms with van der Waals surface area (Å²) in [7, 11) is 0. The van der Waals surface area contributed by atoms with E-state index in [1.165, 1.54) is 31.2 Å². The molecule has 0 amide bonds. The van der Waals surface area contributed by atoms with Crippen LogP contribution in [0.2, 0.25) is 5.02 Å². The predicted molar refractivity (Wildman–Crippen MR) is 71.2 cm³/mol. The summed E-state index contributed by atoms with van der Waals surface area (Å²) in [6.07, 6.45) is 5.32. The predicted octanol–water partition coefficient (Wildman–Crippen LogP) is 4.64. The van der Waals surface area contributed by atoms with Crippen molar-refractivity contribution < 1.29 is 0 Å². The summed E-state index contributed by atoms with van der Waals surface area (Å²) in [5, 5.41) is 4.44. The highest BCUT2D eigenvalue weighted by atomic mass is 35.5. The van der Waals surface area contributed by atoms with Crippen LogP contribution in [0.25, 0.3) is 0 Å². The van der Waals surface area contributed by atoms with E-state index in [4.69, 9.17) is 11.6 Å². The Balaban J connectivity index is 2.10. The largest absolute Gasteiger partial charge is 0.381 e. The van der Waals surface area contributed by atoms with Crippen LogP contribution in [0.5, 0.6) is 0 Å². The third-order valence-corrected chi connectivity index (χ3v) is 3.90. The maximum Gasteiger partial charge on any atom is 0.0637 e. The van der Waals surface area contributed by atoms with Crippen LogP contribution in [0, 0.1) is 12.8 Å². The topological polar surface area (TPSA) is 12.0 Å². The molecule has 88 valence electrons. The van der Waals surface area contributed by atoms with Gasteiger partial charge in [0.1, 0.15) is 0 Å². The zero-order valence-corrected chi connectivity index (χ0v) is 10.8. The van der Waals surface area contributed by atoms with Gasteiger partial charge >= 0.3 is 0 Å². The lowest BCUT2D eigenvalue weighted by molar-refractivity contribution is 0.349. The van der Waals surface area contributed by atoms with E-state index in [9.17, 15) is 0 Å². The van der Waals surface area contributed by atoms with Gasteiger partial charge in [-0.15, -0.1) is 0 Å². The Morgan fingerprint density at radius 3 is 2.75 bits per heavy atom. The van der Waals surface area contributed by atoms with Gasteiger partial charge in [0.2, 0.25) is 0 Å². The third kappa shape index (κ3) is 2.70. The van der Waals surface area contributed by atoms with Gasteiger partial charge in [-0.1, -0.05) is 37.4 Å². The van der Waals surface area contributed by atoms with Gasteiger partial charge in [-0.2, -0.15) is 0 Å². The summed E-state index contributed by atoms with van der Waals surface area (Å²) in [6.45, 7) is 4.44. The molecule has 1 nitrogen and oxygen atoms in total. The molecule has 1 aliphatic rings. The molecule has 0 aromatic heterocycles. The molecular weight excluding hydrogens is 218 g/mol. The number of hydrogen-bond acceptors (Lipinski definition) is 1. The van der Waals surface area contributed by atoms with Crippen molar-refractivity contribution in [3.05, 3.63) is 28.8 Å². The fraction of sp³-hybridized carbons (Fsp3) is 0.571. The fourth-order valence-corrected chi connectivity index (χ4v) is 2.65. The first-order valence-electron chi connectivity index (χ1n) is 6.19. The molecule has 1 fully saturated rings. The van der Waals surface area contributed by atoms with E-state index < -0.39 is 0 Å². The Labute approximate surface area is 103 Å². The molecule has 2 rings (SSSR count). The van der Waals surface area contributed by atoms with Crippen molar-refractivity contribution in [2.24, 2.45) is 5.92 Å². The van der Waals surface area contributed by atoms with Crippen molar-refractivity contribution in [1.29, 1.82) is 0 Å². The monoisotopic (exact) mass is 237 g/mol. The van der Waals surface area contributed by atoms with Crippen LogP contribution >= 0.6 is 11.6 Å². The maximum absolute atomic E-state index is 6.20. The van der Waals surface area contributed by atoms with Gasteiger partial charge in [0.05, 0.1) is 10.7 Å². The molecule has 1 aromatic rings. The molecule has 0 aliphatic heterocycles. The van der Waals surface area contributed by atoms with Crippen molar-refractivity contribution in [2.45, 2.75) is 45.6 Å². The molecule has 0 saturated heterocycles. The van der Waals surface area contributed by atoms with E-state index in [0.29, 0.717) is 6.04 Å². The lowest BCUT2D eigenvalue weighted by Gasteiger charge is -2.30. The van der Waals surface area contributed by atoms with E-state index in [2.05, 4.69) is 31.3 Å². The number of benzene rings is 1. The molecule has 0 bridgehead atoms. The fourth-order valence-electron chi connectivity index (χ4n) is 2.48. The van der Waals surface area contributed by atoms with Crippen LogP contribution < -0.4 is 5.32 Å². The van der Waals surface area contributed by atoms with Crippen molar-refractivity contribution in [1.82, 2.24) is 0 Å². The first kappa shape index (κ1) is 11.8. The van der Waals surface area contributed by atoms with E-state index in [1.54, 1.807) is 0 Å². The maximum atomic E-state index is 6.20. The zero-order chi connectivity index (χ0) is 11.5. The Morgan fingerprint density at radius 2 is 2.00 bits per heavy atom. The Bertz CT molecular complexity index is 362. The van der Waals surface area contributed by atoms with E-state index in [1.807, 2.05) is 6.07 Å². The number of anilines is 1. The quantitative estimate of drug-likeness (QED) is 0.790. The smallest absolute Gasteiger partial charge is 0.0637 e. The highest BCUT2D eigenvalue weighted by molar-refractivity contribution is 6.33. The van der Waals surface area contributed by atoms with Crippen LogP contribution in [0.4, 0.5) is 5.69 Å². The number of halogens is 1. The average Bonchev–Trinajstić information content (AvgIpc) is 2.27. The number of rotatable bonds is 2. The normalized spacial score (nSPS) is 25.4. The molecule has 0 spiro atoms. The molecule has 2 atom stereocenters. The second-order valence-corrected chi connectivity index (χ2v) is 5.40. The minimum absolute atomic E-state index is 0.591. The summed E-state index contributed by atoms with van der Waals surface area (Å²) in [5.41, 5.74) is 2.36. The second-order valence-electron chi connectivity index (χ2n) is 5.00. The van der Waals surface area contributed by atoms with Crippen molar-refractivity contribution in [2.75, 3.05) is 5.32 Å². The van der Waals surface area contributed by atoms with Crippen LogP contribution in [0.1, 0.15) is 38.2 Å². The lowest BCUT2D eigenvalue weighted by Crippen LogP contribution is -2.30. The third-order valence-electron chi connectivity index (χ3n) is 3.57. The molecule has 0 radical (unpaired) electrons. The minimum atomic E-state index is 0.591. The Kier molecular flexibility index (Phi) is 3.75. The molecular formula is C14H20ClN. The molecule has 1 aromatic carbocycles. The van der Waals surface area contributed by atoms with E-state index in [-0.39, 0.29) is 0 Å². The van der Waals surface area contributed by atoms with Crippen molar-refractivity contribution in [3.8, 4) is 0 Å². The van der Waals surface area contributed by atoms with Gasteiger partial charge in [0.15, 0.2) is 0 Å². The second kappa shape index (κ2) is 5.09. The summed E-state index contributed by atoms with van der Waals surface area (Å²) in [6, 6.07) is 6.77. The molecule has 2 heteroatoms. The van der Waals surface area contributed by atoms with E-state index in [0.717, 1.165) is 16.6 Å². The Morgan fingerprint density at radius 1 is 1.25 bits per heavy atom. The van der Waals surface area contributed by atoms with Crippen molar-refractivity contribution >= 4 is 17.3 Å². The molecule has 1 saturated carbocycles. The summed E-state index contributed by atoms with van der Waals surface area (Å²) < 4.78 is 0. The molecule has 16 heavy (non-hydrogen) atoms. The lowest BCUT2D eigenvalue weighted by atomic mass is 9.86.